The summed E-state index contributed by atoms with van der Waals surface area (Å²) in [7, 11) is 1.77. The van der Waals surface area contributed by atoms with Crippen molar-refractivity contribution >= 4 is 11.8 Å². The molecule has 2 aromatic rings. The molecule has 0 aliphatic rings. The monoisotopic (exact) mass is 296 g/mol. The van der Waals surface area contributed by atoms with E-state index in [1.54, 1.807) is 17.7 Å². The van der Waals surface area contributed by atoms with Crippen LogP contribution in [0.1, 0.15) is 18.9 Å². The molecule has 0 unspecified atom stereocenters. The Bertz CT molecular complexity index is 638. The largest absolute Gasteiger partial charge is 0.343 e. The number of hydrogen-bond donors (Lipinski definition) is 2. The third-order valence-electron chi connectivity index (χ3n) is 2.80. The van der Waals surface area contributed by atoms with Crippen LogP contribution in [0.15, 0.2) is 33.0 Å². The predicted octanol–water partition coefficient (Wildman–Crippen LogP) is 1.99. The zero-order valence-electron chi connectivity index (χ0n) is 11.4. The van der Waals surface area contributed by atoms with Gasteiger partial charge in [0.2, 0.25) is 0 Å². The summed E-state index contributed by atoms with van der Waals surface area (Å²) < 4.78 is 15.4. The second-order valence-corrected chi connectivity index (χ2v) is 5.32. The number of halogens is 1. The average molecular weight is 296 g/mol. The van der Waals surface area contributed by atoms with Crippen LogP contribution in [-0.4, -0.2) is 21.8 Å². The standard InChI is InChI=1S/C13H17FN4OS/c1-3-7-18-12(19)16-17-13(18)20-11-6-4-5-10(14)9(11)8-15-2/h4-6,15H,3,7-8H2,1-2H3,(H,16,19). The third kappa shape index (κ3) is 3.10. The molecule has 1 aromatic heterocycles. The van der Waals surface area contributed by atoms with E-state index in [2.05, 4.69) is 15.5 Å². The Labute approximate surface area is 120 Å². The molecule has 1 heterocycles. The fourth-order valence-electron chi connectivity index (χ4n) is 1.88. The molecule has 0 saturated carbocycles. The molecule has 2 rings (SSSR count). The Balaban J connectivity index is 2.35. The molecule has 0 atom stereocenters. The zero-order valence-corrected chi connectivity index (χ0v) is 12.3. The van der Waals surface area contributed by atoms with Gasteiger partial charge in [0.05, 0.1) is 0 Å². The first kappa shape index (κ1) is 14.8. The summed E-state index contributed by atoms with van der Waals surface area (Å²) in [6.45, 7) is 3.01. The Morgan fingerprint density at radius 3 is 3.00 bits per heavy atom. The van der Waals surface area contributed by atoms with Gasteiger partial charge < -0.3 is 5.32 Å². The summed E-state index contributed by atoms with van der Waals surface area (Å²) in [5, 5.41) is 9.94. The van der Waals surface area contributed by atoms with Gasteiger partial charge in [0.15, 0.2) is 5.16 Å². The van der Waals surface area contributed by atoms with E-state index in [1.165, 1.54) is 17.8 Å². The van der Waals surface area contributed by atoms with Crippen LogP contribution in [0.2, 0.25) is 0 Å². The normalized spacial score (nSPS) is 10.9. The van der Waals surface area contributed by atoms with Crippen molar-refractivity contribution in [2.45, 2.75) is 36.5 Å². The lowest BCUT2D eigenvalue weighted by Crippen LogP contribution is -2.17. The molecule has 0 fully saturated rings. The second-order valence-electron chi connectivity index (χ2n) is 4.31. The third-order valence-corrected chi connectivity index (χ3v) is 3.90. The summed E-state index contributed by atoms with van der Waals surface area (Å²) in [4.78, 5) is 12.4. The molecule has 0 aliphatic carbocycles. The Kier molecular flexibility index (Phi) is 4.97. The highest BCUT2D eigenvalue weighted by Gasteiger charge is 2.14. The number of aromatic nitrogens is 3. The number of hydrogen-bond acceptors (Lipinski definition) is 4. The highest BCUT2D eigenvalue weighted by molar-refractivity contribution is 7.99. The maximum atomic E-state index is 13.8. The molecular weight excluding hydrogens is 279 g/mol. The van der Waals surface area contributed by atoms with Gasteiger partial charge >= 0.3 is 5.69 Å². The van der Waals surface area contributed by atoms with Gasteiger partial charge in [-0.1, -0.05) is 13.0 Å². The van der Waals surface area contributed by atoms with Gasteiger partial charge in [0, 0.05) is 23.5 Å². The SMILES string of the molecule is CCCn1c(Sc2cccc(F)c2CNC)n[nH]c1=O. The van der Waals surface area contributed by atoms with Crippen molar-refractivity contribution in [3.8, 4) is 0 Å². The molecule has 20 heavy (non-hydrogen) atoms. The van der Waals surface area contributed by atoms with Gasteiger partial charge in [0.25, 0.3) is 0 Å². The van der Waals surface area contributed by atoms with E-state index in [1.807, 2.05) is 13.0 Å². The number of aromatic amines is 1. The first-order valence-electron chi connectivity index (χ1n) is 6.42. The first-order valence-corrected chi connectivity index (χ1v) is 7.24. The predicted molar refractivity (Wildman–Crippen MR) is 76.4 cm³/mol. The summed E-state index contributed by atoms with van der Waals surface area (Å²) in [5.74, 6) is -0.260. The van der Waals surface area contributed by atoms with E-state index in [9.17, 15) is 9.18 Å². The van der Waals surface area contributed by atoms with Crippen molar-refractivity contribution in [2.24, 2.45) is 0 Å². The van der Waals surface area contributed by atoms with Crippen molar-refractivity contribution in [1.82, 2.24) is 20.1 Å². The molecule has 0 radical (unpaired) electrons. The van der Waals surface area contributed by atoms with Gasteiger partial charge in [-0.05, 0) is 37.4 Å². The molecule has 0 spiro atoms. The molecule has 1 aromatic carbocycles. The summed E-state index contributed by atoms with van der Waals surface area (Å²) in [6, 6.07) is 4.92. The van der Waals surface area contributed by atoms with E-state index >= 15 is 0 Å². The minimum atomic E-state index is -0.260. The number of rotatable bonds is 6. The Morgan fingerprint density at radius 2 is 2.30 bits per heavy atom. The highest BCUT2D eigenvalue weighted by atomic mass is 32.2. The number of H-pyrrole nitrogens is 1. The van der Waals surface area contributed by atoms with Gasteiger partial charge in [-0.25, -0.2) is 14.3 Å². The molecule has 2 N–H and O–H groups in total. The highest BCUT2D eigenvalue weighted by Crippen LogP contribution is 2.29. The van der Waals surface area contributed by atoms with E-state index in [0.717, 1.165) is 11.3 Å². The van der Waals surface area contributed by atoms with Gasteiger partial charge in [-0.15, -0.1) is 5.10 Å². The van der Waals surface area contributed by atoms with E-state index in [4.69, 9.17) is 0 Å². The van der Waals surface area contributed by atoms with Crippen LogP contribution in [-0.2, 0) is 13.1 Å². The van der Waals surface area contributed by atoms with Crippen LogP contribution in [0.5, 0.6) is 0 Å². The fraction of sp³-hybridized carbons (Fsp3) is 0.385. The molecule has 5 nitrogen and oxygen atoms in total. The minimum Gasteiger partial charge on any atom is -0.316 e. The number of benzene rings is 1. The summed E-state index contributed by atoms with van der Waals surface area (Å²) in [5.41, 5.74) is 0.347. The summed E-state index contributed by atoms with van der Waals surface area (Å²) in [6.07, 6.45) is 0.833. The lowest BCUT2D eigenvalue weighted by atomic mass is 10.2. The number of nitrogens with one attached hydrogen (secondary N) is 2. The lowest BCUT2D eigenvalue weighted by Gasteiger charge is -2.09. The molecule has 7 heteroatoms. The molecule has 0 amide bonds. The minimum absolute atomic E-state index is 0.235. The van der Waals surface area contributed by atoms with Crippen molar-refractivity contribution in [1.29, 1.82) is 0 Å². The van der Waals surface area contributed by atoms with Crippen LogP contribution >= 0.6 is 11.8 Å². The number of nitrogens with zero attached hydrogens (tertiary/aromatic N) is 2. The van der Waals surface area contributed by atoms with Crippen LogP contribution < -0.4 is 11.0 Å². The topological polar surface area (TPSA) is 62.7 Å². The first-order chi connectivity index (χ1) is 9.67. The van der Waals surface area contributed by atoms with Gasteiger partial charge in [-0.3, -0.25) is 4.57 Å². The molecule has 0 aliphatic heterocycles. The van der Waals surface area contributed by atoms with Gasteiger partial charge in [0.1, 0.15) is 5.82 Å². The van der Waals surface area contributed by atoms with Gasteiger partial charge in [-0.2, -0.15) is 0 Å². The van der Waals surface area contributed by atoms with E-state index < -0.39 is 0 Å². The Morgan fingerprint density at radius 1 is 1.50 bits per heavy atom. The average Bonchev–Trinajstić information content (AvgIpc) is 2.76. The van der Waals surface area contributed by atoms with Crippen LogP contribution in [0, 0.1) is 5.82 Å². The van der Waals surface area contributed by atoms with Crippen molar-refractivity contribution in [3.05, 3.63) is 40.1 Å². The van der Waals surface area contributed by atoms with Crippen molar-refractivity contribution in [2.75, 3.05) is 7.05 Å². The maximum absolute atomic E-state index is 13.8. The molecule has 0 saturated heterocycles. The lowest BCUT2D eigenvalue weighted by molar-refractivity contribution is 0.591. The van der Waals surface area contributed by atoms with Crippen molar-refractivity contribution in [3.63, 3.8) is 0 Å². The van der Waals surface area contributed by atoms with Crippen LogP contribution in [0.25, 0.3) is 0 Å². The quantitative estimate of drug-likeness (QED) is 0.856. The van der Waals surface area contributed by atoms with Crippen LogP contribution in [0.3, 0.4) is 0 Å². The fourth-order valence-corrected chi connectivity index (χ4v) is 2.89. The molecule has 0 bridgehead atoms. The molecule has 108 valence electrons. The second kappa shape index (κ2) is 6.71. The van der Waals surface area contributed by atoms with Crippen molar-refractivity contribution < 1.29 is 4.39 Å². The Hall–Kier alpha value is -1.60. The zero-order chi connectivity index (χ0) is 14.5. The molecular formula is C13H17FN4OS. The summed E-state index contributed by atoms with van der Waals surface area (Å²) >= 11 is 1.30. The van der Waals surface area contributed by atoms with Crippen LogP contribution in [0.4, 0.5) is 4.39 Å². The smallest absolute Gasteiger partial charge is 0.316 e. The maximum Gasteiger partial charge on any atom is 0.343 e. The van der Waals surface area contributed by atoms with E-state index in [0.29, 0.717) is 23.8 Å². The van der Waals surface area contributed by atoms with E-state index in [-0.39, 0.29) is 11.5 Å².